The zero-order chi connectivity index (χ0) is 7.97. The number of nitrogens with one attached hydrogen (secondary N) is 2. The van der Waals surface area contributed by atoms with E-state index in [4.69, 9.17) is 0 Å². The van der Waals surface area contributed by atoms with E-state index in [0.717, 1.165) is 11.0 Å². The molecule has 12 heavy (non-hydrogen) atoms. The summed E-state index contributed by atoms with van der Waals surface area (Å²) in [4.78, 5) is 6.10. The van der Waals surface area contributed by atoms with Crippen molar-refractivity contribution >= 4 is 21.8 Å². The molecule has 0 spiro atoms. The molecule has 2 nitrogen and oxygen atoms in total. The first-order valence-electron chi connectivity index (χ1n) is 3.82. The second-order valence-corrected chi connectivity index (χ2v) is 2.82. The van der Waals surface area contributed by atoms with E-state index in [2.05, 4.69) is 22.4 Å². The molecule has 2 heterocycles. The first kappa shape index (κ1) is 5.89. The molecule has 0 aliphatic carbocycles. The van der Waals surface area contributed by atoms with Gasteiger partial charge in [0, 0.05) is 21.8 Å². The molecule has 0 saturated heterocycles. The Morgan fingerprint density at radius 3 is 1.83 bits per heavy atom. The smallest absolute Gasteiger partial charge is 0.0630 e. The van der Waals surface area contributed by atoms with Crippen LogP contribution in [0.2, 0.25) is 0 Å². The van der Waals surface area contributed by atoms with Crippen LogP contribution in [0.15, 0.2) is 24.3 Å². The number of benzene rings is 1. The van der Waals surface area contributed by atoms with Gasteiger partial charge in [0.25, 0.3) is 0 Å². The molecule has 2 radical (unpaired) electrons. The summed E-state index contributed by atoms with van der Waals surface area (Å²) in [7, 11) is 0. The number of fused-ring (bicyclic) bond motifs is 3. The maximum Gasteiger partial charge on any atom is 0.0630 e. The minimum Gasteiger partial charge on any atom is -0.353 e. The maximum absolute atomic E-state index is 3.05. The van der Waals surface area contributed by atoms with Crippen LogP contribution in [-0.2, 0) is 0 Å². The monoisotopic (exact) mass is 154 g/mol. The second-order valence-electron chi connectivity index (χ2n) is 2.82. The highest BCUT2D eigenvalue weighted by molar-refractivity contribution is 6.05. The topological polar surface area (TPSA) is 31.6 Å². The van der Waals surface area contributed by atoms with Gasteiger partial charge in [-0.25, -0.2) is 0 Å². The van der Waals surface area contributed by atoms with Gasteiger partial charge < -0.3 is 9.97 Å². The molecule has 1 aromatic carbocycles. The second kappa shape index (κ2) is 1.91. The van der Waals surface area contributed by atoms with Crippen LogP contribution in [0.3, 0.4) is 0 Å². The van der Waals surface area contributed by atoms with Gasteiger partial charge in [0.15, 0.2) is 0 Å². The van der Waals surface area contributed by atoms with E-state index in [-0.39, 0.29) is 0 Å². The van der Waals surface area contributed by atoms with Crippen LogP contribution in [0.25, 0.3) is 21.8 Å². The van der Waals surface area contributed by atoms with Gasteiger partial charge in [0.2, 0.25) is 0 Å². The molecule has 3 rings (SSSR count). The van der Waals surface area contributed by atoms with Crippen molar-refractivity contribution in [3.8, 4) is 0 Å². The minimum atomic E-state index is 1.12. The number of H-pyrrole nitrogens is 2. The molecular weight excluding hydrogens is 148 g/mol. The summed E-state index contributed by atoms with van der Waals surface area (Å²) in [5.74, 6) is 0. The summed E-state index contributed by atoms with van der Waals surface area (Å²) in [6, 6.07) is 8.00. The van der Waals surface area contributed by atoms with Crippen LogP contribution in [0, 0.1) is 12.4 Å². The fraction of sp³-hybridized carbons (Fsp3) is 0. The number of rotatable bonds is 0. The first-order valence-corrected chi connectivity index (χ1v) is 3.82. The van der Waals surface area contributed by atoms with E-state index in [1.807, 2.05) is 24.3 Å². The molecule has 0 fully saturated rings. The molecule has 0 aliphatic heterocycles. The molecule has 0 atom stereocenters. The SMILES string of the molecule is [c]1cc2c(ccc3[nH][c]cc32)[nH]1. The van der Waals surface area contributed by atoms with Crippen molar-refractivity contribution in [2.75, 3.05) is 0 Å². The number of hydrogen-bond acceptors (Lipinski definition) is 0. The average Bonchev–Trinajstić information content (AvgIpc) is 2.71. The van der Waals surface area contributed by atoms with Crippen molar-refractivity contribution in [3.63, 3.8) is 0 Å². The van der Waals surface area contributed by atoms with E-state index in [1.165, 1.54) is 10.8 Å². The summed E-state index contributed by atoms with van der Waals surface area (Å²) in [5.41, 5.74) is 2.24. The van der Waals surface area contributed by atoms with E-state index in [0.29, 0.717) is 0 Å². The Kier molecular flexibility index (Phi) is 0.939. The quantitative estimate of drug-likeness (QED) is 0.497. The first-order chi connectivity index (χ1) is 5.95. The van der Waals surface area contributed by atoms with E-state index < -0.39 is 0 Å². The van der Waals surface area contributed by atoms with Crippen LogP contribution in [0.4, 0.5) is 0 Å². The Morgan fingerprint density at radius 1 is 0.833 bits per heavy atom. The Bertz CT molecular complexity index is 481. The van der Waals surface area contributed by atoms with Gasteiger partial charge >= 0.3 is 0 Å². The predicted molar refractivity (Wildman–Crippen MR) is 47.8 cm³/mol. The Morgan fingerprint density at radius 2 is 1.33 bits per heavy atom. The highest BCUT2D eigenvalue weighted by Gasteiger charge is 2.00. The lowest BCUT2D eigenvalue weighted by Gasteiger charge is -1.91. The van der Waals surface area contributed by atoms with Crippen LogP contribution in [-0.4, -0.2) is 9.97 Å². The zero-order valence-corrected chi connectivity index (χ0v) is 6.31. The Hall–Kier alpha value is -1.70. The number of aromatic nitrogens is 2. The van der Waals surface area contributed by atoms with Gasteiger partial charge in [-0.15, -0.1) is 0 Å². The summed E-state index contributed by atoms with van der Waals surface area (Å²) in [5, 5.41) is 2.40. The number of hydrogen-bond donors (Lipinski definition) is 2. The summed E-state index contributed by atoms with van der Waals surface area (Å²) in [6.45, 7) is 0. The highest BCUT2D eigenvalue weighted by atomic mass is 14.7. The molecule has 2 N–H and O–H groups in total. The summed E-state index contributed by atoms with van der Waals surface area (Å²) in [6.07, 6.45) is 5.93. The fourth-order valence-corrected chi connectivity index (χ4v) is 1.54. The molecule has 0 bridgehead atoms. The Labute approximate surface area is 69.2 Å². The van der Waals surface area contributed by atoms with Crippen LogP contribution in [0.1, 0.15) is 0 Å². The van der Waals surface area contributed by atoms with E-state index in [9.17, 15) is 0 Å². The third-order valence-corrected chi connectivity index (χ3v) is 2.13. The van der Waals surface area contributed by atoms with Crippen molar-refractivity contribution in [1.82, 2.24) is 9.97 Å². The van der Waals surface area contributed by atoms with Crippen molar-refractivity contribution in [1.29, 1.82) is 0 Å². The molecule has 2 heteroatoms. The van der Waals surface area contributed by atoms with E-state index >= 15 is 0 Å². The van der Waals surface area contributed by atoms with Crippen molar-refractivity contribution < 1.29 is 0 Å². The molecule has 0 aliphatic rings. The van der Waals surface area contributed by atoms with Crippen LogP contribution < -0.4 is 0 Å². The minimum absolute atomic E-state index is 1.12. The number of aromatic amines is 2. The lowest BCUT2D eigenvalue weighted by molar-refractivity contribution is 1.44. The fourth-order valence-electron chi connectivity index (χ4n) is 1.54. The lowest BCUT2D eigenvalue weighted by Crippen LogP contribution is -1.69. The summed E-state index contributed by atoms with van der Waals surface area (Å²) >= 11 is 0. The molecule has 0 amide bonds. The van der Waals surface area contributed by atoms with Crippen molar-refractivity contribution in [2.45, 2.75) is 0 Å². The lowest BCUT2D eigenvalue weighted by atomic mass is 10.2. The largest absolute Gasteiger partial charge is 0.353 e. The maximum atomic E-state index is 3.05. The van der Waals surface area contributed by atoms with Crippen LogP contribution >= 0.6 is 0 Å². The zero-order valence-electron chi connectivity index (χ0n) is 6.31. The van der Waals surface area contributed by atoms with Crippen LogP contribution in [0.5, 0.6) is 0 Å². The van der Waals surface area contributed by atoms with Crippen molar-refractivity contribution in [3.05, 3.63) is 36.7 Å². The standard InChI is InChI=1S/C10H6N2/c1-2-10-8(4-6-12-10)7-3-5-11-9(1)7/h1-4,11-12H. The normalized spacial score (nSPS) is 11.3. The van der Waals surface area contributed by atoms with Gasteiger partial charge in [-0.1, -0.05) is 0 Å². The molecule has 0 saturated carbocycles. The van der Waals surface area contributed by atoms with Gasteiger partial charge in [0.05, 0.1) is 12.4 Å². The third-order valence-electron chi connectivity index (χ3n) is 2.13. The van der Waals surface area contributed by atoms with Gasteiger partial charge in [-0.2, -0.15) is 0 Å². The summed E-state index contributed by atoms with van der Waals surface area (Å²) < 4.78 is 0. The molecular formula is C10H6N2. The van der Waals surface area contributed by atoms with Crippen molar-refractivity contribution in [2.24, 2.45) is 0 Å². The average molecular weight is 154 g/mol. The molecule has 3 aromatic rings. The molecule has 0 unspecified atom stereocenters. The molecule has 2 aromatic heterocycles. The van der Waals surface area contributed by atoms with Gasteiger partial charge in [-0.3, -0.25) is 0 Å². The third kappa shape index (κ3) is 0.593. The van der Waals surface area contributed by atoms with Gasteiger partial charge in [0.1, 0.15) is 0 Å². The Balaban J connectivity index is 2.71. The molecule has 56 valence electrons. The highest BCUT2D eigenvalue weighted by Crippen LogP contribution is 2.22. The van der Waals surface area contributed by atoms with E-state index in [1.54, 1.807) is 0 Å². The predicted octanol–water partition coefficient (Wildman–Crippen LogP) is 2.25. The van der Waals surface area contributed by atoms with Gasteiger partial charge in [-0.05, 0) is 24.3 Å².